The van der Waals surface area contributed by atoms with Crippen LogP contribution in [0.5, 0.6) is 0 Å². The molecule has 0 N–H and O–H groups in total. The lowest BCUT2D eigenvalue weighted by atomic mass is 10.1. The largest absolute Gasteiger partial charge is 0.0991 e. The summed E-state index contributed by atoms with van der Waals surface area (Å²) in [6.45, 7) is 5.88. The average molecular weight is 258 g/mol. The van der Waals surface area contributed by atoms with Crippen LogP contribution in [0.4, 0.5) is 0 Å². The summed E-state index contributed by atoms with van der Waals surface area (Å²) in [6, 6.07) is 0. The van der Waals surface area contributed by atoms with Gasteiger partial charge in [-0.25, -0.2) is 0 Å². The Morgan fingerprint density at radius 2 is 1.16 bits per heavy atom. The third kappa shape index (κ3) is 16.7. The molecule has 0 aromatic rings. The summed E-state index contributed by atoms with van der Waals surface area (Å²) in [4.78, 5) is 0. The average Bonchev–Trinajstić information content (AvgIpc) is 2.43. The van der Waals surface area contributed by atoms with Gasteiger partial charge in [0, 0.05) is 0 Å². The Balaban J connectivity index is 3.34. The minimum atomic E-state index is 1.21. The van der Waals surface area contributed by atoms with Gasteiger partial charge >= 0.3 is 0 Å². The van der Waals surface area contributed by atoms with Crippen LogP contribution in [0, 0.1) is 0 Å². The van der Waals surface area contributed by atoms with Crippen molar-refractivity contribution in [2.45, 2.75) is 58.3 Å². The van der Waals surface area contributed by atoms with Crippen LogP contribution >= 0.6 is 0 Å². The summed E-state index contributed by atoms with van der Waals surface area (Å²) in [5, 5.41) is 0. The van der Waals surface area contributed by atoms with Crippen molar-refractivity contribution >= 4 is 0 Å². The van der Waals surface area contributed by atoms with E-state index in [2.05, 4.69) is 37.8 Å². The Kier molecular flexibility index (Phi) is 15.6. The molecule has 0 aliphatic heterocycles. The van der Waals surface area contributed by atoms with Crippen LogP contribution in [0.1, 0.15) is 58.3 Å². The molecular weight excluding hydrogens is 228 g/mol. The van der Waals surface area contributed by atoms with Gasteiger partial charge in [-0.2, -0.15) is 0 Å². The van der Waals surface area contributed by atoms with E-state index >= 15 is 0 Å². The number of hydrogen-bond donors (Lipinski definition) is 0. The van der Waals surface area contributed by atoms with Gasteiger partial charge in [0.1, 0.15) is 0 Å². The molecule has 106 valence electrons. The van der Waals surface area contributed by atoms with Crippen LogP contribution < -0.4 is 0 Å². The van der Waals surface area contributed by atoms with Crippen molar-refractivity contribution < 1.29 is 0 Å². The van der Waals surface area contributed by atoms with Crippen LogP contribution in [-0.4, -0.2) is 0 Å². The second kappa shape index (κ2) is 16.7. The van der Waals surface area contributed by atoms with Gasteiger partial charge in [-0.15, -0.1) is 0 Å². The van der Waals surface area contributed by atoms with Crippen LogP contribution in [0.3, 0.4) is 0 Å². The lowest BCUT2D eigenvalue weighted by Crippen LogP contribution is -1.78. The third-order valence-corrected chi connectivity index (χ3v) is 2.91. The molecule has 0 spiro atoms. The molecule has 0 aromatic carbocycles. The first-order valence-corrected chi connectivity index (χ1v) is 7.69. The number of hydrogen-bond acceptors (Lipinski definition) is 0. The smallest absolute Gasteiger partial charge is 0.0348 e. The summed E-state index contributed by atoms with van der Waals surface area (Å²) in [5.41, 5.74) is 0. The molecule has 0 heterocycles. The van der Waals surface area contributed by atoms with Crippen molar-refractivity contribution in [3.05, 3.63) is 61.3 Å². The molecule has 0 saturated carbocycles. The number of allylic oxidation sites excluding steroid dienone is 9. The van der Waals surface area contributed by atoms with E-state index in [9.17, 15) is 0 Å². The molecule has 19 heavy (non-hydrogen) atoms. The predicted molar refractivity (Wildman–Crippen MR) is 89.4 cm³/mol. The van der Waals surface area contributed by atoms with E-state index < -0.39 is 0 Å². The molecule has 0 radical (unpaired) electrons. The van der Waals surface area contributed by atoms with Crippen LogP contribution in [0.2, 0.25) is 0 Å². The fourth-order valence-corrected chi connectivity index (χ4v) is 1.79. The molecule has 0 atom stereocenters. The quantitative estimate of drug-likeness (QED) is 0.275. The molecule has 0 aromatic heterocycles. The van der Waals surface area contributed by atoms with Gasteiger partial charge < -0.3 is 0 Å². The standard InChI is InChI=1S/C19H30/c1-3-5-7-9-11-13-15-17-19-18-16-14-12-10-8-6-4-2/h3,5,7,9,11,13,15,17,19H,1,4,6,8,10,12,14,16,18H2,2H3/b7-5+,11-9+,15-13+,19-17+. The van der Waals surface area contributed by atoms with Crippen LogP contribution in [-0.2, 0) is 0 Å². The Hall–Kier alpha value is -1.30. The van der Waals surface area contributed by atoms with Crippen molar-refractivity contribution in [1.82, 2.24) is 0 Å². The van der Waals surface area contributed by atoms with Gasteiger partial charge in [-0.1, -0.05) is 107 Å². The zero-order valence-corrected chi connectivity index (χ0v) is 12.6. The number of unbranched alkanes of at least 4 members (excludes halogenated alkanes) is 7. The fourth-order valence-electron chi connectivity index (χ4n) is 1.79. The van der Waals surface area contributed by atoms with Gasteiger partial charge in [0.2, 0.25) is 0 Å². The van der Waals surface area contributed by atoms with E-state index in [0.717, 1.165) is 0 Å². The first-order chi connectivity index (χ1) is 9.41. The highest BCUT2D eigenvalue weighted by atomic mass is 13.9. The second-order valence-electron chi connectivity index (χ2n) is 4.73. The van der Waals surface area contributed by atoms with Crippen molar-refractivity contribution in [1.29, 1.82) is 0 Å². The van der Waals surface area contributed by atoms with E-state index in [0.29, 0.717) is 0 Å². The summed E-state index contributed by atoms with van der Waals surface area (Å²) >= 11 is 0. The van der Waals surface area contributed by atoms with Crippen LogP contribution in [0.15, 0.2) is 61.3 Å². The second-order valence-corrected chi connectivity index (χ2v) is 4.73. The highest BCUT2D eigenvalue weighted by Crippen LogP contribution is 2.08. The van der Waals surface area contributed by atoms with Gasteiger partial charge in [-0.05, 0) is 12.8 Å². The van der Waals surface area contributed by atoms with Gasteiger partial charge in [0.15, 0.2) is 0 Å². The molecule has 0 rings (SSSR count). The van der Waals surface area contributed by atoms with Crippen molar-refractivity contribution in [2.24, 2.45) is 0 Å². The fraction of sp³-hybridized carbons (Fsp3) is 0.474. The molecule has 0 aliphatic carbocycles. The van der Waals surface area contributed by atoms with Crippen LogP contribution in [0.25, 0.3) is 0 Å². The first-order valence-electron chi connectivity index (χ1n) is 7.69. The minimum absolute atomic E-state index is 1.21. The predicted octanol–water partition coefficient (Wildman–Crippen LogP) is 6.54. The summed E-state index contributed by atoms with van der Waals surface area (Å²) < 4.78 is 0. The molecule has 0 amide bonds. The Labute approximate surface area is 120 Å². The SMILES string of the molecule is C=C/C=C/C=C/C=C/C=C/CCCCCCCCC. The number of rotatable bonds is 12. The highest BCUT2D eigenvalue weighted by molar-refractivity contribution is 5.17. The molecule has 0 saturated heterocycles. The van der Waals surface area contributed by atoms with Gasteiger partial charge in [-0.3, -0.25) is 0 Å². The maximum atomic E-state index is 3.61. The molecule has 0 unspecified atom stereocenters. The summed E-state index contributed by atoms with van der Waals surface area (Å²) in [7, 11) is 0. The van der Waals surface area contributed by atoms with E-state index in [1.807, 2.05) is 24.3 Å². The van der Waals surface area contributed by atoms with E-state index in [4.69, 9.17) is 0 Å². The van der Waals surface area contributed by atoms with Gasteiger partial charge in [0.05, 0.1) is 0 Å². The van der Waals surface area contributed by atoms with E-state index in [1.165, 1.54) is 51.4 Å². The topological polar surface area (TPSA) is 0 Å². The molecule has 0 bridgehead atoms. The highest BCUT2D eigenvalue weighted by Gasteiger charge is 1.88. The zero-order valence-electron chi connectivity index (χ0n) is 12.6. The monoisotopic (exact) mass is 258 g/mol. The van der Waals surface area contributed by atoms with Crippen molar-refractivity contribution in [3.63, 3.8) is 0 Å². The molecule has 0 aliphatic rings. The molecule has 0 fully saturated rings. The van der Waals surface area contributed by atoms with Crippen molar-refractivity contribution in [3.8, 4) is 0 Å². The lowest BCUT2D eigenvalue weighted by molar-refractivity contribution is 0.592. The lowest BCUT2D eigenvalue weighted by Gasteiger charge is -1.98. The Bertz CT molecular complexity index is 289. The maximum Gasteiger partial charge on any atom is -0.0348 e. The molecular formula is C19H30. The maximum absolute atomic E-state index is 3.61. The van der Waals surface area contributed by atoms with E-state index in [1.54, 1.807) is 6.08 Å². The summed E-state index contributed by atoms with van der Waals surface area (Å²) in [5.74, 6) is 0. The Morgan fingerprint density at radius 3 is 1.79 bits per heavy atom. The van der Waals surface area contributed by atoms with E-state index in [-0.39, 0.29) is 0 Å². The van der Waals surface area contributed by atoms with Crippen molar-refractivity contribution in [2.75, 3.05) is 0 Å². The molecule has 0 heteroatoms. The minimum Gasteiger partial charge on any atom is -0.0991 e. The third-order valence-electron chi connectivity index (χ3n) is 2.91. The van der Waals surface area contributed by atoms with Gasteiger partial charge in [0.25, 0.3) is 0 Å². The molecule has 0 nitrogen and oxygen atoms in total. The first kappa shape index (κ1) is 17.7. The normalized spacial score (nSPS) is 12.5. The zero-order chi connectivity index (χ0) is 14.0. The summed E-state index contributed by atoms with van der Waals surface area (Å²) in [6.07, 6.45) is 29.1. The Morgan fingerprint density at radius 1 is 0.632 bits per heavy atom.